The van der Waals surface area contributed by atoms with E-state index in [-0.39, 0.29) is 11.8 Å². The van der Waals surface area contributed by atoms with Crippen LogP contribution >= 0.6 is 22.9 Å². The molecule has 0 spiro atoms. The fourth-order valence-corrected chi connectivity index (χ4v) is 5.47. The highest BCUT2D eigenvalue weighted by atomic mass is 35.5. The number of hydrogen-bond donors (Lipinski definition) is 1. The molecule has 1 saturated carbocycles. The molecule has 1 aliphatic heterocycles. The standard InChI is InChI=1S/C21H28ClN3OS/c22-20-9-8-18(27-20)7-6-17-14-19(15-10-12-23-13-11-15)24-25(17)21(26)16-4-2-1-3-5-16/h8-9,14-16,23H,1-7,10-13H2. The molecule has 1 N–H and O–H groups in total. The number of nitrogens with zero attached hydrogens (tertiary/aromatic N) is 2. The predicted octanol–water partition coefficient (Wildman–Crippen LogP) is 5.07. The average Bonchev–Trinajstić information content (AvgIpc) is 3.33. The first-order valence-electron chi connectivity index (χ1n) is 10.3. The highest BCUT2D eigenvalue weighted by Gasteiger charge is 2.27. The Balaban J connectivity index is 1.55. The van der Waals surface area contributed by atoms with Gasteiger partial charge in [0, 0.05) is 22.4 Å². The van der Waals surface area contributed by atoms with Crippen LogP contribution in [0.3, 0.4) is 0 Å². The fourth-order valence-electron chi connectivity index (χ4n) is 4.39. The van der Waals surface area contributed by atoms with Crippen molar-refractivity contribution in [2.75, 3.05) is 13.1 Å². The van der Waals surface area contributed by atoms with Crippen molar-refractivity contribution >= 4 is 28.8 Å². The Labute approximate surface area is 170 Å². The van der Waals surface area contributed by atoms with Gasteiger partial charge in [-0.05, 0) is 69.8 Å². The van der Waals surface area contributed by atoms with Gasteiger partial charge in [-0.15, -0.1) is 11.3 Å². The van der Waals surface area contributed by atoms with Crippen LogP contribution < -0.4 is 5.32 Å². The van der Waals surface area contributed by atoms with Crippen LogP contribution in [0.15, 0.2) is 18.2 Å². The van der Waals surface area contributed by atoms with Crippen molar-refractivity contribution in [2.45, 2.75) is 63.7 Å². The van der Waals surface area contributed by atoms with Gasteiger partial charge in [0.2, 0.25) is 5.91 Å². The number of rotatable bonds is 5. The van der Waals surface area contributed by atoms with Crippen LogP contribution in [0.25, 0.3) is 0 Å². The fraction of sp³-hybridized carbons (Fsp3) is 0.619. The number of carbonyl (C=O) groups excluding carboxylic acids is 1. The number of aromatic nitrogens is 2. The molecule has 146 valence electrons. The molecule has 6 heteroatoms. The van der Waals surface area contributed by atoms with Crippen molar-refractivity contribution in [3.8, 4) is 0 Å². The molecule has 2 fully saturated rings. The van der Waals surface area contributed by atoms with Gasteiger partial charge >= 0.3 is 0 Å². The first-order valence-corrected chi connectivity index (χ1v) is 11.5. The Hall–Kier alpha value is -1.17. The van der Waals surface area contributed by atoms with Crippen LogP contribution in [0.1, 0.15) is 71.9 Å². The lowest BCUT2D eigenvalue weighted by atomic mass is 9.88. The maximum Gasteiger partial charge on any atom is 0.250 e. The summed E-state index contributed by atoms with van der Waals surface area (Å²) in [5.41, 5.74) is 2.18. The van der Waals surface area contributed by atoms with Gasteiger partial charge in [-0.25, -0.2) is 4.68 Å². The largest absolute Gasteiger partial charge is 0.317 e. The minimum absolute atomic E-state index is 0.148. The first-order chi connectivity index (χ1) is 13.2. The van der Waals surface area contributed by atoms with E-state index >= 15 is 0 Å². The molecule has 2 aliphatic rings. The van der Waals surface area contributed by atoms with Gasteiger partial charge < -0.3 is 5.32 Å². The lowest BCUT2D eigenvalue weighted by molar-refractivity contribution is 0.0779. The highest BCUT2D eigenvalue weighted by Crippen LogP contribution is 2.29. The van der Waals surface area contributed by atoms with Crippen molar-refractivity contribution in [2.24, 2.45) is 5.92 Å². The van der Waals surface area contributed by atoms with Crippen LogP contribution in [-0.2, 0) is 12.8 Å². The van der Waals surface area contributed by atoms with Gasteiger partial charge in [0.25, 0.3) is 0 Å². The maximum atomic E-state index is 13.2. The van der Waals surface area contributed by atoms with Crippen LogP contribution in [0.5, 0.6) is 0 Å². The summed E-state index contributed by atoms with van der Waals surface area (Å²) in [7, 11) is 0. The summed E-state index contributed by atoms with van der Waals surface area (Å²) >= 11 is 7.70. The minimum atomic E-state index is 0.148. The molecule has 3 heterocycles. The minimum Gasteiger partial charge on any atom is -0.317 e. The van der Waals surface area contributed by atoms with E-state index in [4.69, 9.17) is 16.7 Å². The Morgan fingerprint density at radius 2 is 1.93 bits per heavy atom. The average molecular weight is 406 g/mol. The number of carbonyl (C=O) groups is 1. The molecule has 2 aromatic rings. The summed E-state index contributed by atoms with van der Waals surface area (Å²) in [6.45, 7) is 2.08. The molecule has 0 aromatic carbocycles. The topological polar surface area (TPSA) is 46.9 Å². The lowest BCUT2D eigenvalue weighted by Gasteiger charge is -2.21. The third-order valence-corrected chi connectivity index (χ3v) is 7.27. The summed E-state index contributed by atoms with van der Waals surface area (Å²) in [6.07, 6.45) is 9.59. The summed E-state index contributed by atoms with van der Waals surface area (Å²) in [5.74, 6) is 0.838. The zero-order valence-electron chi connectivity index (χ0n) is 15.8. The second-order valence-electron chi connectivity index (χ2n) is 7.88. The van der Waals surface area contributed by atoms with Gasteiger partial charge in [-0.1, -0.05) is 30.9 Å². The summed E-state index contributed by atoms with van der Waals surface area (Å²) in [5, 5.41) is 8.26. The van der Waals surface area contributed by atoms with Crippen molar-refractivity contribution < 1.29 is 4.79 Å². The van der Waals surface area contributed by atoms with E-state index in [1.807, 2.05) is 6.07 Å². The number of aryl methyl sites for hydroxylation is 2. The maximum absolute atomic E-state index is 13.2. The summed E-state index contributed by atoms with van der Waals surface area (Å²) in [6, 6.07) is 6.24. The molecule has 1 saturated heterocycles. The van der Waals surface area contributed by atoms with E-state index < -0.39 is 0 Å². The zero-order chi connectivity index (χ0) is 18.6. The smallest absolute Gasteiger partial charge is 0.250 e. The van der Waals surface area contributed by atoms with Crippen molar-refractivity contribution in [3.63, 3.8) is 0 Å². The van der Waals surface area contributed by atoms with Gasteiger partial charge in [0.1, 0.15) is 0 Å². The molecule has 0 bridgehead atoms. The molecule has 1 aliphatic carbocycles. The molecule has 0 amide bonds. The number of piperidine rings is 1. The number of nitrogens with one attached hydrogen (secondary N) is 1. The van der Waals surface area contributed by atoms with E-state index in [1.54, 1.807) is 16.0 Å². The molecule has 2 aromatic heterocycles. The van der Waals surface area contributed by atoms with Crippen molar-refractivity contribution in [1.29, 1.82) is 0 Å². The second-order valence-corrected chi connectivity index (χ2v) is 9.68. The van der Waals surface area contributed by atoms with Crippen LogP contribution in [0, 0.1) is 5.92 Å². The quantitative estimate of drug-likeness (QED) is 0.755. The Morgan fingerprint density at radius 1 is 1.15 bits per heavy atom. The molecule has 0 unspecified atom stereocenters. The third-order valence-electron chi connectivity index (χ3n) is 5.98. The van der Waals surface area contributed by atoms with Gasteiger partial charge in [-0.3, -0.25) is 4.79 Å². The zero-order valence-corrected chi connectivity index (χ0v) is 17.3. The normalized spacial score (nSPS) is 19.4. The monoisotopic (exact) mass is 405 g/mol. The predicted molar refractivity (Wildman–Crippen MR) is 111 cm³/mol. The van der Waals surface area contributed by atoms with Crippen molar-refractivity contribution in [1.82, 2.24) is 15.1 Å². The van der Waals surface area contributed by atoms with Gasteiger partial charge in [-0.2, -0.15) is 5.10 Å². The first kappa shape index (κ1) is 19.2. The van der Waals surface area contributed by atoms with E-state index in [0.717, 1.165) is 67.3 Å². The number of halogens is 1. The van der Waals surface area contributed by atoms with E-state index in [9.17, 15) is 4.79 Å². The molecular weight excluding hydrogens is 378 g/mol. The SMILES string of the molecule is O=C(C1CCCCC1)n1nc(C2CCNCC2)cc1CCc1ccc(Cl)s1. The van der Waals surface area contributed by atoms with E-state index in [2.05, 4.69) is 17.4 Å². The van der Waals surface area contributed by atoms with Crippen molar-refractivity contribution in [3.05, 3.63) is 38.8 Å². The van der Waals surface area contributed by atoms with Gasteiger partial charge in [0.05, 0.1) is 10.0 Å². The van der Waals surface area contributed by atoms with Crippen LogP contribution in [-0.4, -0.2) is 28.8 Å². The Kier molecular flexibility index (Phi) is 6.31. The Morgan fingerprint density at radius 3 is 2.63 bits per heavy atom. The number of thiophene rings is 1. The second kappa shape index (κ2) is 8.89. The highest BCUT2D eigenvalue weighted by molar-refractivity contribution is 7.16. The summed E-state index contributed by atoms with van der Waals surface area (Å²) < 4.78 is 2.59. The Bertz CT molecular complexity index is 772. The molecular formula is C21H28ClN3OS. The molecule has 4 rings (SSSR count). The number of hydrogen-bond acceptors (Lipinski definition) is 4. The molecule has 4 nitrogen and oxygen atoms in total. The van der Waals surface area contributed by atoms with E-state index in [0.29, 0.717) is 5.92 Å². The van der Waals surface area contributed by atoms with E-state index in [1.165, 1.54) is 24.1 Å². The third kappa shape index (κ3) is 4.64. The summed E-state index contributed by atoms with van der Waals surface area (Å²) in [4.78, 5) is 14.5. The molecule has 0 radical (unpaired) electrons. The van der Waals surface area contributed by atoms with Crippen LogP contribution in [0.4, 0.5) is 0 Å². The van der Waals surface area contributed by atoms with Gasteiger partial charge in [0.15, 0.2) is 0 Å². The molecule has 27 heavy (non-hydrogen) atoms. The molecule has 0 atom stereocenters. The van der Waals surface area contributed by atoms with Crippen LogP contribution in [0.2, 0.25) is 4.34 Å². The lowest BCUT2D eigenvalue weighted by Crippen LogP contribution is -2.28.